The van der Waals surface area contributed by atoms with Gasteiger partial charge >= 0.3 is 0 Å². The van der Waals surface area contributed by atoms with Gasteiger partial charge in [-0.2, -0.15) is 0 Å². The maximum absolute atomic E-state index is 5.30. The molecule has 0 aliphatic rings. The second kappa shape index (κ2) is 14.5. The predicted octanol–water partition coefficient (Wildman–Crippen LogP) is 14.7. The Morgan fingerprint density at radius 1 is 0.350 bits per heavy atom. The molecule has 11 rings (SSSR count). The topological polar surface area (TPSA) is 51.6 Å². The van der Waals surface area contributed by atoms with Crippen LogP contribution in [0.3, 0.4) is 0 Å². The van der Waals surface area contributed by atoms with Crippen LogP contribution in [-0.2, 0) is 0 Å². The molecule has 2 heterocycles. The fraction of sp³-hybridized carbons (Fsp3) is 0.0357. The average molecular weight is 767 g/mol. The maximum Gasteiger partial charge on any atom is 0.0979 e. The minimum absolute atomic E-state index is 0.842. The van der Waals surface area contributed by atoms with Gasteiger partial charge < -0.3 is 0 Å². The third-order valence-electron chi connectivity index (χ3n) is 11.8. The van der Waals surface area contributed by atoms with Crippen molar-refractivity contribution in [2.45, 2.75) is 13.8 Å². The molecule has 4 heteroatoms. The molecule has 0 aliphatic carbocycles. The lowest BCUT2D eigenvalue weighted by Crippen LogP contribution is -1.96. The summed E-state index contributed by atoms with van der Waals surface area (Å²) in [5.41, 5.74) is 16.5. The Morgan fingerprint density at radius 2 is 0.750 bits per heavy atom. The zero-order chi connectivity index (χ0) is 40.2. The molecule has 4 nitrogen and oxygen atoms in total. The first-order valence-electron chi connectivity index (χ1n) is 20.4. The molecule has 0 aliphatic heterocycles. The SMILES string of the molecule is CC=Cc1c(C)c2ccccc2c2ncc(-c3cccc(-c4cc(-c5ccccc5)cc(-c5cccc(-c6cnc7c8ccccc8c8ccccc8c7n6)c5)c4)c3)nc12. The number of hydrogen-bond donors (Lipinski definition) is 0. The molecule has 0 unspecified atom stereocenters. The van der Waals surface area contributed by atoms with Crippen LogP contribution < -0.4 is 0 Å². The first-order valence-corrected chi connectivity index (χ1v) is 20.4. The van der Waals surface area contributed by atoms with E-state index in [9.17, 15) is 0 Å². The van der Waals surface area contributed by atoms with Crippen LogP contribution in [0.25, 0.3) is 116 Å². The molecule has 11 aromatic rings. The molecule has 0 atom stereocenters. The minimum Gasteiger partial charge on any atom is -0.252 e. The summed E-state index contributed by atoms with van der Waals surface area (Å²) in [6.07, 6.45) is 8.07. The summed E-state index contributed by atoms with van der Waals surface area (Å²) >= 11 is 0. The summed E-state index contributed by atoms with van der Waals surface area (Å²) < 4.78 is 0. The first kappa shape index (κ1) is 35.4. The van der Waals surface area contributed by atoms with Crippen molar-refractivity contribution in [1.29, 1.82) is 0 Å². The highest BCUT2D eigenvalue weighted by Crippen LogP contribution is 2.38. The van der Waals surface area contributed by atoms with Crippen LogP contribution in [0.15, 0.2) is 188 Å². The number of rotatable bonds is 6. The fourth-order valence-electron chi connectivity index (χ4n) is 8.86. The van der Waals surface area contributed by atoms with Gasteiger partial charge in [-0.3, -0.25) is 9.97 Å². The standard InChI is InChI=1S/C56H38N4/c1-3-15-45-35(2)44-22-7-10-25-48(44)53-55(45)59-51(33-57-53)39-20-13-18-37(28-39)42-30-41(36-16-5-4-6-17-36)31-43(32-42)38-19-14-21-40(29-38)52-34-58-54-49-26-11-8-23-46(49)47-24-9-12-27-50(47)56(54)60-52/h3-34H,1-2H3. The van der Waals surface area contributed by atoms with E-state index in [1.165, 1.54) is 21.7 Å². The number of allylic oxidation sites excluding steroid dienone is 1. The predicted molar refractivity (Wildman–Crippen MR) is 252 cm³/mol. The Labute approximate surface area is 348 Å². The van der Waals surface area contributed by atoms with Gasteiger partial charge in [0.1, 0.15) is 0 Å². The molecule has 0 radical (unpaired) electrons. The Morgan fingerprint density at radius 3 is 1.32 bits per heavy atom. The van der Waals surface area contributed by atoms with E-state index in [0.29, 0.717) is 0 Å². The van der Waals surface area contributed by atoms with Gasteiger partial charge in [-0.1, -0.05) is 152 Å². The van der Waals surface area contributed by atoms with Crippen molar-refractivity contribution in [3.63, 3.8) is 0 Å². The van der Waals surface area contributed by atoms with Crippen LogP contribution in [0.2, 0.25) is 0 Å². The molecule has 0 fully saturated rings. The van der Waals surface area contributed by atoms with Crippen LogP contribution in [0.1, 0.15) is 18.1 Å². The van der Waals surface area contributed by atoms with E-state index in [1.54, 1.807) is 0 Å². The van der Waals surface area contributed by atoms with E-state index >= 15 is 0 Å². The highest BCUT2D eigenvalue weighted by atomic mass is 14.8. The second-order valence-electron chi connectivity index (χ2n) is 15.4. The molecule has 0 saturated heterocycles. The summed E-state index contributed by atoms with van der Waals surface area (Å²) in [5, 5.41) is 6.92. The van der Waals surface area contributed by atoms with Gasteiger partial charge in [-0.15, -0.1) is 0 Å². The lowest BCUT2D eigenvalue weighted by Gasteiger charge is -2.14. The van der Waals surface area contributed by atoms with Crippen LogP contribution in [0.5, 0.6) is 0 Å². The summed E-state index contributed by atoms with van der Waals surface area (Å²) in [6.45, 7) is 4.23. The molecule has 0 N–H and O–H groups in total. The van der Waals surface area contributed by atoms with E-state index in [2.05, 4.69) is 196 Å². The molecule has 60 heavy (non-hydrogen) atoms. The Balaban J connectivity index is 1.03. The number of fused-ring (bicyclic) bond motifs is 9. The van der Waals surface area contributed by atoms with Gasteiger partial charge in [0.25, 0.3) is 0 Å². The quantitative estimate of drug-likeness (QED) is 0.158. The van der Waals surface area contributed by atoms with Crippen LogP contribution >= 0.6 is 0 Å². The Kier molecular flexibility index (Phi) is 8.56. The van der Waals surface area contributed by atoms with Crippen LogP contribution in [-0.4, -0.2) is 19.9 Å². The molecule has 0 spiro atoms. The summed E-state index contributed by atoms with van der Waals surface area (Å²) in [7, 11) is 0. The van der Waals surface area contributed by atoms with E-state index < -0.39 is 0 Å². The normalized spacial score (nSPS) is 11.8. The molecule has 2 aromatic heterocycles. The second-order valence-corrected chi connectivity index (χ2v) is 15.4. The lowest BCUT2D eigenvalue weighted by atomic mass is 9.92. The van der Waals surface area contributed by atoms with Crippen molar-refractivity contribution in [2.75, 3.05) is 0 Å². The van der Waals surface area contributed by atoms with Gasteiger partial charge in [-0.25, -0.2) is 9.97 Å². The zero-order valence-electron chi connectivity index (χ0n) is 33.3. The highest BCUT2D eigenvalue weighted by Gasteiger charge is 2.16. The molecule has 282 valence electrons. The van der Waals surface area contributed by atoms with E-state index in [4.69, 9.17) is 19.9 Å². The number of aryl methyl sites for hydroxylation is 1. The van der Waals surface area contributed by atoms with Gasteiger partial charge in [0.2, 0.25) is 0 Å². The van der Waals surface area contributed by atoms with Gasteiger partial charge in [0.15, 0.2) is 0 Å². The molecular formula is C56H38N4. The Bertz CT molecular complexity index is 3480. The Hall–Kier alpha value is -7.82. The molecule has 0 bridgehead atoms. The largest absolute Gasteiger partial charge is 0.252 e. The summed E-state index contributed by atoms with van der Waals surface area (Å²) in [5.74, 6) is 0. The average Bonchev–Trinajstić information content (AvgIpc) is 3.33. The minimum atomic E-state index is 0.842. The number of benzene rings is 9. The molecule has 0 saturated carbocycles. The molecular weight excluding hydrogens is 729 g/mol. The van der Waals surface area contributed by atoms with Gasteiger partial charge in [0.05, 0.1) is 45.8 Å². The van der Waals surface area contributed by atoms with Crippen molar-refractivity contribution in [2.24, 2.45) is 0 Å². The maximum atomic E-state index is 5.30. The van der Waals surface area contributed by atoms with Crippen molar-refractivity contribution in [3.8, 4) is 55.9 Å². The van der Waals surface area contributed by atoms with Gasteiger partial charge in [0, 0.05) is 32.8 Å². The number of nitrogens with zero attached hydrogens (tertiary/aromatic N) is 4. The van der Waals surface area contributed by atoms with Crippen LogP contribution in [0, 0.1) is 6.92 Å². The fourth-order valence-corrected chi connectivity index (χ4v) is 8.86. The zero-order valence-corrected chi connectivity index (χ0v) is 33.3. The monoisotopic (exact) mass is 766 g/mol. The number of hydrogen-bond acceptors (Lipinski definition) is 4. The van der Waals surface area contributed by atoms with Gasteiger partial charge in [-0.05, 0) is 99.3 Å². The summed E-state index contributed by atoms with van der Waals surface area (Å²) in [6, 6.07) is 60.3. The van der Waals surface area contributed by atoms with E-state index in [-0.39, 0.29) is 0 Å². The lowest BCUT2D eigenvalue weighted by molar-refractivity contribution is 1.29. The van der Waals surface area contributed by atoms with Crippen molar-refractivity contribution in [3.05, 3.63) is 199 Å². The van der Waals surface area contributed by atoms with Crippen molar-refractivity contribution in [1.82, 2.24) is 19.9 Å². The number of aromatic nitrogens is 4. The highest BCUT2D eigenvalue weighted by molar-refractivity contribution is 6.23. The molecule has 0 amide bonds. The van der Waals surface area contributed by atoms with Crippen LogP contribution in [0.4, 0.5) is 0 Å². The van der Waals surface area contributed by atoms with E-state index in [0.717, 1.165) is 99.7 Å². The van der Waals surface area contributed by atoms with Crippen molar-refractivity contribution < 1.29 is 0 Å². The smallest absolute Gasteiger partial charge is 0.0979 e. The van der Waals surface area contributed by atoms with E-state index in [1.807, 2.05) is 12.4 Å². The first-order chi connectivity index (χ1) is 29.6. The third kappa shape index (κ3) is 6.00. The summed E-state index contributed by atoms with van der Waals surface area (Å²) in [4.78, 5) is 20.7. The molecule has 9 aromatic carbocycles. The third-order valence-corrected chi connectivity index (χ3v) is 11.8. The van der Waals surface area contributed by atoms with Crippen molar-refractivity contribution >= 4 is 60.5 Å².